The first-order valence-corrected chi connectivity index (χ1v) is 6.35. The molecule has 80 valence electrons. The average molecular weight is 194 g/mol. The number of hydrogen-bond acceptors (Lipinski definition) is 2. The molecule has 2 heteroatoms. The van der Waals surface area contributed by atoms with E-state index in [-0.39, 0.29) is 0 Å². The van der Waals surface area contributed by atoms with E-state index in [1.54, 1.807) is 0 Å². The van der Waals surface area contributed by atoms with Gasteiger partial charge in [0.25, 0.3) is 0 Å². The van der Waals surface area contributed by atoms with Crippen molar-refractivity contribution in [2.24, 2.45) is 5.92 Å². The topological polar surface area (TPSA) is 15.3 Å². The Kier molecular flexibility index (Phi) is 2.29. The largest absolute Gasteiger partial charge is 0.313 e. The van der Waals surface area contributed by atoms with Gasteiger partial charge in [-0.1, -0.05) is 19.3 Å². The van der Waals surface area contributed by atoms with E-state index in [0.29, 0.717) is 5.54 Å². The molecule has 2 nitrogen and oxygen atoms in total. The molecule has 1 spiro atoms. The summed E-state index contributed by atoms with van der Waals surface area (Å²) < 4.78 is 0. The minimum atomic E-state index is 0.615. The van der Waals surface area contributed by atoms with Crippen LogP contribution in [0.4, 0.5) is 0 Å². The van der Waals surface area contributed by atoms with E-state index in [4.69, 9.17) is 0 Å². The second-order valence-electron chi connectivity index (χ2n) is 5.50. The molecule has 0 bridgehead atoms. The van der Waals surface area contributed by atoms with Crippen LogP contribution >= 0.6 is 0 Å². The molecule has 0 aromatic rings. The molecule has 1 saturated carbocycles. The third-order valence-electron chi connectivity index (χ3n) is 4.68. The number of nitrogens with one attached hydrogen (secondary N) is 1. The third-order valence-corrected chi connectivity index (χ3v) is 4.68. The molecule has 3 fully saturated rings. The maximum absolute atomic E-state index is 3.45. The lowest BCUT2D eigenvalue weighted by Crippen LogP contribution is -2.66. The summed E-state index contributed by atoms with van der Waals surface area (Å²) in [4.78, 5) is 2.78. The number of likely N-dealkylation sites (tertiary alicyclic amines) is 1. The first-order chi connectivity index (χ1) is 6.89. The molecule has 1 N–H and O–H groups in total. The number of hydrogen-bond donors (Lipinski definition) is 1. The molecule has 0 aromatic carbocycles. The predicted molar refractivity (Wildman–Crippen MR) is 58.4 cm³/mol. The summed E-state index contributed by atoms with van der Waals surface area (Å²) in [6.45, 7) is 5.27. The van der Waals surface area contributed by atoms with Gasteiger partial charge in [0.1, 0.15) is 0 Å². The van der Waals surface area contributed by atoms with Crippen molar-refractivity contribution in [3.63, 3.8) is 0 Å². The summed E-state index contributed by atoms with van der Waals surface area (Å²) in [5.74, 6) is 1.08. The van der Waals surface area contributed by atoms with E-state index in [1.165, 1.54) is 64.7 Å². The van der Waals surface area contributed by atoms with Crippen molar-refractivity contribution in [3.8, 4) is 0 Å². The highest BCUT2D eigenvalue weighted by Crippen LogP contribution is 2.35. The molecule has 0 unspecified atom stereocenters. The Morgan fingerprint density at radius 3 is 2.64 bits per heavy atom. The minimum Gasteiger partial charge on any atom is -0.313 e. The van der Waals surface area contributed by atoms with Gasteiger partial charge in [-0.15, -0.1) is 0 Å². The minimum absolute atomic E-state index is 0.615. The van der Waals surface area contributed by atoms with Crippen molar-refractivity contribution in [3.05, 3.63) is 0 Å². The Hall–Kier alpha value is -0.0800. The molecule has 2 aliphatic heterocycles. The van der Waals surface area contributed by atoms with Gasteiger partial charge in [-0.3, -0.25) is 4.90 Å². The Balaban J connectivity index is 1.50. The molecule has 14 heavy (non-hydrogen) atoms. The van der Waals surface area contributed by atoms with Crippen molar-refractivity contribution in [2.75, 3.05) is 26.2 Å². The summed E-state index contributed by atoms with van der Waals surface area (Å²) in [5.41, 5.74) is 0.615. The van der Waals surface area contributed by atoms with Gasteiger partial charge in [0.05, 0.1) is 0 Å². The molecule has 0 aromatic heterocycles. The summed E-state index contributed by atoms with van der Waals surface area (Å²) in [6, 6.07) is 0. The van der Waals surface area contributed by atoms with Crippen LogP contribution < -0.4 is 5.32 Å². The average Bonchev–Trinajstić information content (AvgIpc) is 2.44. The standard InChI is InChI=1S/C12H22N2/c1-3-11(4-1)5-8-14-7-2-6-12(14)9-13-10-12/h11,13H,1-10H2. The van der Waals surface area contributed by atoms with Crippen molar-refractivity contribution < 1.29 is 0 Å². The predicted octanol–water partition coefficient (Wildman–Crippen LogP) is 1.61. The van der Waals surface area contributed by atoms with E-state index in [1.807, 2.05) is 0 Å². The summed E-state index contributed by atoms with van der Waals surface area (Å²) in [7, 11) is 0. The highest BCUT2D eigenvalue weighted by molar-refractivity contribution is 5.05. The Bertz CT molecular complexity index is 206. The maximum atomic E-state index is 3.45. The second kappa shape index (κ2) is 3.49. The summed E-state index contributed by atoms with van der Waals surface area (Å²) >= 11 is 0. The summed E-state index contributed by atoms with van der Waals surface area (Å²) in [5, 5.41) is 3.45. The lowest BCUT2D eigenvalue weighted by molar-refractivity contribution is 0.0689. The van der Waals surface area contributed by atoms with Crippen LogP contribution in [0.1, 0.15) is 38.5 Å². The van der Waals surface area contributed by atoms with Gasteiger partial charge in [-0.25, -0.2) is 0 Å². The molecule has 0 amide bonds. The number of rotatable bonds is 3. The van der Waals surface area contributed by atoms with E-state index in [0.717, 1.165) is 5.92 Å². The molecule has 1 aliphatic carbocycles. The van der Waals surface area contributed by atoms with Gasteiger partial charge in [-0.05, 0) is 38.3 Å². The first kappa shape index (κ1) is 9.17. The normalized spacial score (nSPS) is 31.7. The monoisotopic (exact) mass is 194 g/mol. The Morgan fingerprint density at radius 1 is 1.21 bits per heavy atom. The fourth-order valence-electron chi connectivity index (χ4n) is 3.28. The highest BCUT2D eigenvalue weighted by Gasteiger charge is 2.45. The smallest absolute Gasteiger partial charge is 0.0458 e. The van der Waals surface area contributed by atoms with Crippen LogP contribution in [0, 0.1) is 5.92 Å². The van der Waals surface area contributed by atoms with Gasteiger partial charge < -0.3 is 5.32 Å². The lowest BCUT2D eigenvalue weighted by Gasteiger charge is -2.47. The molecular weight excluding hydrogens is 172 g/mol. The van der Waals surface area contributed by atoms with E-state index >= 15 is 0 Å². The van der Waals surface area contributed by atoms with Crippen LogP contribution in [0.15, 0.2) is 0 Å². The third kappa shape index (κ3) is 1.40. The van der Waals surface area contributed by atoms with Gasteiger partial charge >= 0.3 is 0 Å². The van der Waals surface area contributed by atoms with Crippen LogP contribution in [0.25, 0.3) is 0 Å². The maximum Gasteiger partial charge on any atom is 0.0458 e. The molecule has 3 rings (SSSR count). The highest BCUT2D eigenvalue weighted by atomic mass is 15.3. The zero-order valence-electron chi connectivity index (χ0n) is 9.10. The van der Waals surface area contributed by atoms with Crippen molar-refractivity contribution in [1.82, 2.24) is 10.2 Å². The van der Waals surface area contributed by atoms with Crippen molar-refractivity contribution in [1.29, 1.82) is 0 Å². The second-order valence-corrected chi connectivity index (χ2v) is 5.50. The van der Waals surface area contributed by atoms with Crippen molar-refractivity contribution >= 4 is 0 Å². The fourth-order valence-corrected chi connectivity index (χ4v) is 3.28. The zero-order valence-corrected chi connectivity index (χ0v) is 9.10. The van der Waals surface area contributed by atoms with E-state index in [2.05, 4.69) is 10.2 Å². The molecular formula is C12H22N2. The van der Waals surface area contributed by atoms with Gasteiger partial charge in [0, 0.05) is 18.6 Å². The molecule has 2 saturated heterocycles. The molecule has 0 atom stereocenters. The van der Waals surface area contributed by atoms with Crippen LogP contribution in [0.3, 0.4) is 0 Å². The zero-order chi connectivity index (χ0) is 9.43. The van der Waals surface area contributed by atoms with Gasteiger partial charge in [0.15, 0.2) is 0 Å². The lowest BCUT2D eigenvalue weighted by atomic mass is 9.82. The fraction of sp³-hybridized carbons (Fsp3) is 1.00. The summed E-state index contributed by atoms with van der Waals surface area (Å²) in [6.07, 6.45) is 8.88. The van der Waals surface area contributed by atoms with Crippen LogP contribution in [-0.4, -0.2) is 36.6 Å². The van der Waals surface area contributed by atoms with E-state index in [9.17, 15) is 0 Å². The molecule has 3 aliphatic rings. The Labute approximate surface area is 87.0 Å². The van der Waals surface area contributed by atoms with E-state index < -0.39 is 0 Å². The first-order valence-electron chi connectivity index (χ1n) is 6.35. The Morgan fingerprint density at radius 2 is 2.07 bits per heavy atom. The van der Waals surface area contributed by atoms with Gasteiger partial charge in [-0.2, -0.15) is 0 Å². The quantitative estimate of drug-likeness (QED) is 0.734. The van der Waals surface area contributed by atoms with Crippen LogP contribution in [-0.2, 0) is 0 Å². The molecule has 2 heterocycles. The van der Waals surface area contributed by atoms with Crippen LogP contribution in [0.2, 0.25) is 0 Å². The number of nitrogens with zero attached hydrogens (tertiary/aromatic N) is 1. The van der Waals surface area contributed by atoms with Gasteiger partial charge in [0.2, 0.25) is 0 Å². The van der Waals surface area contributed by atoms with Crippen molar-refractivity contribution in [2.45, 2.75) is 44.1 Å². The van der Waals surface area contributed by atoms with Crippen LogP contribution in [0.5, 0.6) is 0 Å². The molecule has 0 radical (unpaired) electrons. The SMILES string of the molecule is C1CC(CCN2CCCC23CNC3)C1.